The van der Waals surface area contributed by atoms with Gasteiger partial charge in [-0.2, -0.15) is 5.26 Å². The molecule has 0 amide bonds. The highest BCUT2D eigenvalue weighted by atomic mass is 19.1. The summed E-state index contributed by atoms with van der Waals surface area (Å²) in [4.78, 5) is 4.79. The first kappa shape index (κ1) is 24.2. The minimum atomic E-state index is -0.518. The van der Waals surface area contributed by atoms with Crippen molar-refractivity contribution in [1.29, 1.82) is 5.26 Å². The number of benzene rings is 1. The zero-order chi connectivity index (χ0) is 22.6. The lowest BCUT2D eigenvalue weighted by Gasteiger charge is -2.28. The number of halogens is 1. The number of hydrogen-bond acceptors (Lipinski definition) is 3. The van der Waals surface area contributed by atoms with E-state index >= 15 is 0 Å². The second-order valence-corrected chi connectivity index (χ2v) is 9.24. The van der Waals surface area contributed by atoms with E-state index in [1.807, 2.05) is 6.07 Å². The van der Waals surface area contributed by atoms with Gasteiger partial charge in [-0.05, 0) is 68.2 Å². The van der Waals surface area contributed by atoms with Gasteiger partial charge in [0.2, 0.25) is 0 Å². The summed E-state index contributed by atoms with van der Waals surface area (Å²) in [5, 5.41) is 8.82. The van der Waals surface area contributed by atoms with Crippen LogP contribution in [0.15, 0.2) is 36.5 Å². The summed E-state index contributed by atoms with van der Waals surface area (Å²) >= 11 is 0. The van der Waals surface area contributed by atoms with Crippen LogP contribution >= 0.6 is 0 Å². The van der Waals surface area contributed by atoms with Crippen LogP contribution in [-0.4, -0.2) is 11.6 Å². The van der Waals surface area contributed by atoms with Crippen LogP contribution in [0, 0.1) is 23.1 Å². The Hall–Kier alpha value is -2.41. The highest BCUT2D eigenvalue weighted by molar-refractivity contribution is 5.36. The van der Waals surface area contributed by atoms with Crippen LogP contribution < -0.4 is 4.74 Å². The van der Waals surface area contributed by atoms with E-state index in [0.29, 0.717) is 24.2 Å². The molecule has 2 aromatic rings. The molecule has 0 saturated heterocycles. The van der Waals surface area contributed by atoms with Crippen LogP contribution in [-0.2, 0) is 6.42 Å². The van der Waals surface area contributed by atoms with Gasteiger partial charge in [-0.25, -0.2) is 4.39 Å². The van der Waals surface area contributed by atoms with Gasteiger partial charge in [0.25, 0.3) is 0 Å². The maximum absolute atomic E-state index is 13.7. The minimum absolute atomic E-state index is 0.0544. The third-order valence-electron chi connectivity index (χ3n) is 6.73. The van der Waals surface area contributed by atoms with Crippen molar-refractivity contribution in [2.24, 2.45) is 5.92 Å². The van der Waals surface area contributed by atoms with Crippen molar-refractivity contribution in [3.8, 4) is 11.8 Å². The molecule has 3 rings (SSSR count). The second-order valence-electron chi connectivity index (χ2n) is 9.24. The van der Waals surface area contributed by atoms with Crippen molar-refractivity contribution >= 4 is 0 Å². The smallest absolute Gasteiger partial charge is 0.144 e. The number of rotatable bonds is 12. The van der Waals surface area contributed by atoms with Crippen LogP contribution in [0.4, 0.5) is 4.39 Å². The summed E-state index contributed by atoms with van der Waals surface area (Å²) in [5.41, 5.74) is 2.64. The molecule has 0 radical (unpaired) electrons. The first-order chi connectivity index (χ1) is 15.7. The van der Waals surface area contributed by atoms with Gasteiger partial charge in [0, 0.05) is 23.9 Å². The van der Waals surface area contributed by atoms with Gasteiger partial charge in [-0.15, -0.1) is 0 Å². The third kappa shape index (κ3) is 7.62. The number of aromatic nitrogens is 1. The SMILES string of the molecule is CCCCCCCCCc1ccc(C2CCC(COc3ccc(C#N)c(F)c3)CC2)nc1. The van der Waals surface area contributed by atoms with Gasteiger partial charge >= 0.3 is 0 Å². The predicted molar refractivity (Wildman–Crippen MR) is 127 cm³/mol. The summed E-state index contributed by atoms with van der Waals surface area (Å²) in [6, 6.07) is 10.8. The van der Waals surface area contributed by atoms with E-state index in [2.05, 4.69) is 25.3 Å². The number of nitrogens with zero attached hydrogens (tertiary/aromatic N) is 2. The number of unbranched alkanes of at least 4 members (excludes halogenated alkanes) is 6. The first-order valence-electron chi connectivity index (χ1n) is 12.5. The molecule has 0 spiro atoms. The molecular weight excluding hydrogens is 399 g/mol. The van der Waals surface area contributed by atoms with Gasteiger partial charge in [-0.3, -0.25) is 4.98 Å². The molecule has 4 heteroatoms. The Labute approximate surface area is 193 Å². The zero-order valence-corrected chi connectivity index (χ0v) is 19.5. The minimum Gasteiger partial charge on any atom is -0.493 e. The summed E-state index contributed by atoms with van der Waals surface area (Å²) in [5.74, 6) is 1.00. The molecular formula is C28H37FN2O. The lowest BCUT2D eigenvalue weighted by molar-refractivity contribution is 0.198. The Morgan fingerprint density at radius 1 is 1.00 bits per heavy atom. The molecule has 1 aromatic heterocycles. The van der Waals surface area contributed by atoms with E-state index in [1.54, 1.807) is 6.07 Å². The van der Waals surface area contributed by atoms with Crippen molar-refractivity contribution < 1.29 is 9.13 Å². The van der Waals surface area contributed by atoms with E-state index in [-0.39, 0.29) is 5.56 Å². The molecule has 1 heterocycles. The average Bonchev–Trinajstić information content (AvgIpc) is 2.83. The highest BCUT2D eigenvalue weighted by Gasteiger charge is 2.23. The number of nitriles is 1. The normalized spacial score (nSPS) is 18.3. The second kappa shape index (κ2) is 13.2. The van der Waals surface area contributed by atoms with Gasteiger partial charge in [-0.1, -0.05) is 51.5 Å². The zero-order valence-electron chi connectivity index (χ0n) is 19.5. The summed E-state index contributed by atoms with van der Waals surface area (Å²) in [6.07, 6.45) is 17.1. The molecule has 32 heavy (non-hydrogen) atoms. The summed E-state index contributed by atoms with van der Waals surface area (Å²) in [6.45, 7) is 2.86. The quantitative estimate of drug-likeness (QED) is 0.320. The number of ether oxygens (including phenoxy) is 1. The molecule has 1 aliphatic rings. The number of hydrogen-bond donors (Lipinski definition) is 0. The van der Waals surface area contributed by atoms with Crippen molar-refractivity contribution in [3.05, 3.63) is 59.2 Å². The van der Waals surface area contributed by atoms with Gasteiger partial charge < -0.3 is 4.74 Å². The Morgan fingerprint density at radius 3 is 2.41 bits per heavy atom. The molecule has 1 aliphatic carbocycles. The maximum Gasteiger partial charge on any atom is 0.144 e. The Balaban J connectivity index is 1.35. The van der Waals surface area contributed by atoms with Crippen molar-refractivity contribution in [2.45, 2.75) is 89.9 Å². The monoisotopic (exact) mass is 436 g/mol. The number of pyridine rings is 1. The Morgan fingerprint density at radius 2 is 1.75 bits per heavy atom. The maximum atomic E-state index is 13.7. The van der Waals surface area contributed by atoms with Crippen LogP contribution in [0.1, 0.15) is 100 Å². The molecule has 172 valence electrons. The van der Waals surface area contributed by atoms with E-state index in [0.717, 1.165) is 32.1 Å². The summed E-state index contributed by atoms with van der Waals surface area (Å²) < 4.78 is 19.5. The Kier molecular flexibility index (Phi) is 10.0. The fraction of sp³-hybridized carbons (Fsp3) is 0.571. The largest absolute Gasteiger partial charge is 0.493 e. The van der Waals surface area contributed by atoms with Crippen LogP contribution in [0.2, 0.25) is 0 Å². The van der Waals surface area contributed by atoms with Gasteiger partial charge in [0.1, 0.15) is 17.6 Å². The van der Waals surface area contributed by atoms with Crippen LogP contribution in [0.5, 0.6) is 5.75 Å². The van der Waals surface area contributed by atoms with Crippen LogP contribution in [0.3, 0.4) is 0 Å². The lowest BCUT2D eigenvalue weighted by Crippen LogP contribution is -2.19. The fourth-order valence-corrected chi connectivity index (χ4v) is 4.63. The first-order valence-corrected chi connectivity index (χ1v) is 12.5. The third-order valence-corrected chi connectivity index (χ3v) is 6.73. The van der Waals surface area contributed by atoms with E-state index in [4.69, 9.17) is 15.0 Å². The molecule has 1 saturated carbocycles. The molecule has 1 aromatic carbocycles. The fourth-order valence-electron chi connectivity index (χ4n) is 4.63. The Bertz CT molecular complexity index is 851. The lowest BCUT2D eigenvalue weighted by atomic mass is 9.80. The molecule has 0 aliphatic heterocycles. The van der Waals surface area contributed by atoms with E-state index in [1.165, 1.54) is 68.3 Å². The van der Waals surface area contributed by atoms with Crippen molar-refractivity contribution in [1.82, 2.24) is 4.98 Å². The number of aryl methyl sites for hydroxylation is 1. The topological polar surface area (TPSA) is 45.9 Å². The molecule has 0 bridgehead atoms. The average molecular weight is 437 g/mol. The standard InChI is InChI=1S/C28H37FN2O/c1-2-3-4-5-6-7-8-9-22-12-17-28(31-20-22)24-13-10-23(11-14-24)21-32-26-16-15-25(19-30)27(29)18-26/h12,15-18,20,23-24H,2-11,13-14,21H2,1H3. The molecule has 3 nitrogen and oxygen atoms in total. The summed E-state index contributed by atoms with van der Waals surface area (Å²) in [7, 11) is 0. The van der Waals surface area contributed by atoms with Crippen LogP contribution in [0.25, 0.3) is 0 Å². The van der Waals surface area contributed by atoms with Crippen molar-refractivity contribution in [3.63, 3.8) is 0 Å². The molecule has 1 fully saturated rings. The van der Waals surface area contributed by atoms with Crippen molar-refractivity contribution in [2.75, 3.05) is 6.61 Å². The molecule has 0 atom stereocenters. The van der Waals surface area contributed by atoms with Gasteiger partial charge in [0.15, 0.2) is 0 Å². The van der Waals surface area contributed by atoms with Gasteiger partial charge in [0.05, 0.1) is 12.2 Å². The van der Waals surface area contributed by atoms with E-state index in [9.17, 15) is 4.39 Å². The van der Waals surface area contributed by atoms with E-state index < -0.39 is 5.82 Å². The predicted octanol–water partition coefficient (Wildman–Crippen LogP) is 7.74. The molecule has 0 N–H and O–H groups in total. The highest BCUT2D eigenvalue weighted by Crippen LogP contribution is 2.35. The molecule has 0 unspecified atom stereocenters.